The number of hydrazone groups is 1. The molecule has 0 spiro atoms. The molecule has 0 aromatic heterocycles. The number of carbonyl (C=O) groups is 2. The lowest BCUT2D eigenvalue weighted by molar-refractivity contribution is -0.130. The lowest BCUT2D eigenvalue weighted by Crippen LogP contribution is -2.44. The van der Waals surface area contributed by atoms with Gasteiger partial charge < -0.3 is 5.32 Å². The van der Waals surface area contributed by atoms with E-state index in [9.17, 15) is 9.59 Å². The van der Waals surface area contributed by atoms with Crippen LogP contribution in [0, 0.1) is 0 Å². The number of amides is 3. The normalized spacial score (nSPS) is 15.4. The van der Waals surface area contributed by atoms with E-state index in [1.807, 2.05) is 0 Å². The van der Waals surface area contributed by atoms with E-state index >= 15 is 0 Å². The van der Waals surface area contributed by atoms with Crippen molar-refractivity contribution >= 4 is 18.2 Å². The van der Waals surface area contributed by atoms with Gasteiger partial charge in [-0.15, -0.1) is 5.12 Å². The maximum absolute atomic E-state index is 10.8. The van der Waals surface area contributed by atoms with Crippen molar-refractivity contribution in [2.24, 2.45) is 5.10 Å². The maximum Gasteiger partial charge on any atom is 0.335 e. The zero-order chi connectivity index (χ0) is 8.27. The standard InChI is InChI=1S/C5H8N4O2/c1-6-5(11)8-9-4(10)2-3-7-9/h3H,2H2,1H3,(H2,6,8,11). The monoisotopic (exact) mass is 156 g/mol. The van der Waals surface area contributed by atoms with Gasteiger partial charge in [0.25, 0.3) is 5.91 Å². The molecular formula is C5H8N4O2. The van der Waals surface area contributed by atoms with Crippen LogP contribution < -0.4 is 10.7 Å². The predicted octanol–water partition coefficient (Wildman–Crippen LogP) is -0.951. The van der Waals surface area contributed by atoms with Gasteiger partial charge in [-0.1, -0.05) is 0 Å². The fourth-order valence-electron chi connectivity index (χ4n) is 0.595. The Bertz CT molecular complexity index is 213. The van der Waals surface area contributed by atoms with E-state index in [1.54, 1.807) is 0 Å². The van der Waals surface area contributed by atoms with Crippen LogP contribution in [0.1, 0.15) is 6.42 Å². The van der Waals surface area contributed by atoms with E-state index < -0.39 is 6.03 Å². The van der Waals surface area contributed by atoms with Crippen molar-refractivity contribution in [2.75, 3.05) is 7.05 Å². The van der Waals surface area contributed by atoms with E-state index in [4.69, 9.17) is 0 Å². The second-order valence-electron chi connectivity index (χ2n) is 1.90. The fourth-order valence-corrected chi connectivity index (χ4v) is 0.595. The zero-order valence-corrected chi connectivity index (χ0v) is 6.00. The third kappa shape index (κ3) is 1.66. The molecule has 0 unspecified atom stereocenters. The van der Waals surface area contributed by atoms with Crippen LogP contribution in [0.2, 0.25) is 0 Å². The van der Waals surface area contributed by atoms with Gasteiger partial charge in [-0.3, -0.25) is 4.79 Å². The lowest BCUT2D eigenvalue weighted by atomic mass is 10.5. The summed E-state index contributed by atoms with van der Waals surface area (Å²) in [5.41, 5.74) is 2.21. The molecule has 0 radical (unpaired) electrons. The van der Waals surface area contributed by atoms with E-state index in [0.29, 0.717) is 0 Å². The van der Waals surface area contributed by atoms with Crippen LogP contribution in [-0.2, 0) is 4.79 Å². The highest BCUT2D eigenvalue weighted by Crippen LogP contribution is 1.96. The molecule has 11 heavy (non-hydrogen) atoms. The number of nitrogens with one attached hydrogen (secondary N) is 2. The number of hydrazine groups is 1. The van der Waals surface area contributed by atoms with Gasteiger partial charge in [0.15, 0.2) is 0 Å². The Balaban J connectivity index is 2.43. The molecule has 0 atom stereocenters. The first-order valence-electron chi connectivity index (χ1n) is 3.08. The molecule has 60 valence electrons. The highest BCUT2D eigenvalue weighted by atomic mass is 16.2. The molecule has 6 nitrogen and oxygen atoms in total. The minimum Gasteiger partial charge on any atom is -0.340 e. The summed E-state index contributed by atoms with van der Waals surface area (Å²) >= 11 is 0. The largest absolute Gasteiger partial charge is 0.340 e. The second kappa shape index (κ2) is 3.00. The summed E-state index contributed by atoms with van der Waals surface area (Å²) in [6.07, 6.45) is 1.67. The topological polar surface area (TPSA) is 73.8 Å². The van der Waals surface area contributed by atoms with Gasteiger partial charge in [0.2, 0.25) is 0 Å². The number of nitrogens with zero attached hydrogens (tertiary/aromatic N) is 2. The minimum atomic E-state index is -0.461. The van der Waals surface area contributed by atoms with Crippen molar-refractivity contribution < 1.29 is 9.59 Å². The van der Waals surface area contributed by atoms with E-state index in [2.05, 4.69) is 15.8 Å². The second-order valence-corrected chi connectivity index (χ2v) is 1.90. The quantitative estimate of drug-likeness (QED) is 0.513. The Morgan fingerprint density at radius 1 is 1.82 bits per heavy atom. The Morgan fingerprint density at radius 2 is 2.55 bits per heavy atom. The Morgan fingerprint density at radius 3 is 3.00 bits per heavy atom. The number of carbonyl (C=O) groups excluding carboxylic acids is 2. The summed E-state index contributed by atoms with van der Waals surface area (Å²) in [4.78, 5) is 21.4. The summed E-state index contributed by atoms with van der Waals surface area (Å²) in [6.45, 7) is 0. The fraction of sp³-hybridized carbons (Fsp3) is 0.400. The smallest absolute Gasteiger partial charge is 0.335 e. The molecule has 0 bridgehead atoms. The SMILES string of the molecule is CNC(=O)NN1N=CCC1=O. The Hall–Kier alpha value is -1.59. The predicted molar refractivity (Wildman–Crippen MR) is 37.5 cm³/mol. The molecule has 0 fully saturated rings. The average molecular weight is 156 g/mol. The Labute approximate surface area is 63.2 Å². The molecular weight excluding hydrogens is 148 g/mol. The van der Waals surface area contributed by atoms with Gasteiger partial charge >= 0.3 is 6.03 Å². The molecule has 0 saturated carbocycles. The van der Waals surface area contributed by atoms with Crippen molar-refractivity contribution in [1.29, 1.82) is 0 Å². The molecule has 0 aromatic rings. The van der Waals surface area contributed by atoms with E-state index in [1.165, 1.54) is 13.3 Å². The zero-order valence-electron chi connectivity index (χ0n) is 6.00. The minimum absolute atomic E-state index is 0.240. The summed E-state index contributed by atoms with van der Waals surface area (Å²) in [5, 5.41) is 6.79. The summed E-state index contributed by atoms with van der Waals surface area (Å²) in [5.74, 6) is -0.242. The molecule has 2 N–H and O–H groups in total. The molecule has 0 saturated heterocycles. The first-order chi connectivity index (χ1) is 5.24. The molecule has 0 aromatic carbocycles. The highest BCUT2D eigenvalue weighted by molar-refractivity contribution is 5.94. The number of rotatable bonds is 1. The van der Waals surface area contributed by atoms with Crippen LogP contribution in [-0.4, -0.2) is 30.3 Å². The van der Waals surface area contributed by atoms with Crippen molar-refractivity contribution in [3.8, 4) is 0 Å². The number of hydrogen-bond donors (Lipinski definition) is 2. The van der Waals surface area contributed by atoms with Gasteiger partial charge in [-0.25, -0.2) is 10.2 Å². The van der Waals surface area contributed by atoms with Gasteiger partial charge in [0, 0.05) is 13.3 Å². The van der Waals surface area contributed by atoms with Crippen LogP contribution >= 0.6 is 0 Å². The first kappa shape index (κ1) is 7.52. The van der Waals surface area contributed by atoms with Gasteiger partial charge in [0.1, 0.15) is 0 Å². The molecule has 1 aliphatic heterocycles. The molecule has 0 aliphatic carbocycles. The van der Waals surface area contributed by atoms with Gasteiger partial charge in [-0.05, 0) is 0 Å². The average Bonchev–Trinajstić information content (AvgIpc) is 2.37. The molecule has 1 heterocycles. The van der Waals surface area contributed by atoms with Crippen molar-refractivity contribution in [3.05, 3.63) is 0 Å². The molecule has 1 aliphatic rings. The van der Waals surface area contributed by atoms with Crippen LogP contribution in [0.4, 0.5) is 4.79 Å². The van der Waals surface area contributed by atoms with E-state index in [-0.39, 0.29) is 12.3 Å². The van der Waals surface area contributed by atoms with Crippen molar-refractivity contribution in [3.63, 3.8) is 0 Å². The maximum atomic E-state index is 10.8. The van der Waals surface area contributed by atoms with Crippen LogP contribution in [0.5, 0.6) is 0 Å². The Kier molecular flexibility index (Phi) is 2.05. The summed E-state index contributed by atoms with van der Waals surface area (Å²) in [6, 6.07) is -0.461. The third-order valence-electron chi connectivity index (χ3n) is 1.13. The first-order valence-corrected chi connectivity index (χ1v) is 3.08. The van der Waals surface area contributed by atoms with Crippen LogP contribution in [0.15, 0.2) is 5.10 Å². The summed E-state index contributed by atoms with van der Waals surface area (Å²) < 4.78 is 0. The molecule has 6 heteroatoms. The van der Waals surface area contributed by atoms with E-state index in [0.717, 1.165) is 5.12 Å². The van der Waals surface area contributed by atoms with Crippen LogP contribution in [0.25, 0.3) is 0 Å². The highest BCUT2D eigenvalue weighted by Gasteiger charge is 2.17. The molecule has 3 amide bonds. The lowest BCUT2D eigenvalue weighted by Gasteiger charge is -2.11. The van der Waals surface area contributed by atoms with Crippen molar-refractivity contribution in [2.45, 2.75) is 6.42 Å². The number of hydrogen-bond acceptors (Lipinski definition) is 3. The molecule has 1 rings (SSSR count). The van der Waals surface area contributed by atoms with Gasteiger partial charge in [-0.2, -0.15) is 5.10 Å². The van der Waals surface area contributed by atoms with Crippen molar-refractivity contribution in [1.82, 2.24) is 15.9 Å². The van der Waals surface area contributed by atoms with Gasteiger partial charge in [0.05, 0.1) is 6.42 Å². The number of urea groups is 1. The summed E-state index contributed by atoms with van der Waals surface area (Å²) in [7, 11) is 1.46. The van der Waals surface area contributed by atoms with Crippen LogP contribution in [0.3, 0.4) is 0 Å². The third-order valence-corrected chi connectivity index (χ3v) is 1.13.